The molecule has 2 fully saturated rings. The Balaban J connectivity index is 1.51. The van der Waals surface area contributed by atoms with E-state index in [2.05, 4.69) is 21.6 Å². The molecule has 0 aromatic heterocycles. The summed E-state index contributed by atoms with van der Waals surface area (Å²) in [5.41, 5.74) is -0.224. The highest BCUT2D eigenvalue weighted by molar-refractivity contribution is 5.97. The molecule has 2 aliphatic heterocycles. The number of ether oxygens (including phenoxy) is 6. The van der Waals surface area contributed by atoms with Crippen LogP contribution < -0.4 is 10.6 Å². The van der Waals surface area contributed by atoms with Crippen LogP contribution in [-0.4, -0.2) is 153 Å². The molecule has 14 nitrogen and oxygen atoms in total. The average molecular weight is 640 g/mol. The number of nitrogens with zero attached hydrogens (tertiary/aromatic N) is 3. The van der Waals surface area contributed by atoms with E-state index in [4.69, 9.17) is 28.4 Å². The Labute approximate surface area is 267 Å². The molecule has 45 heavy (non-hydrogen) atoms. The van der Waals surface area contributed by atoms with Crippen LogP contribution in [0.3, 0.4) is 0 Å². The standard InChI is InChI=1S/C31H53N5O9/c1-31(2,25-35-8-12-42-13-9-35)22-28(23-32)30(39)36-7-3-4-27(24-36)29(38)34-6-11-41-15-17-44-19-21-45-20-18-43-16-14-40-10-5-33-26-37/h22,26-27H,3-21,24-25H2,1-2H3,(H,33,37)(H,34,38)/b28-22+. The first-order valence-corrected chi connectivity index (χ1v) is 15.9. The zero-order chi connectivity index (χ0) is 32.6. The minimum absolute atomic E-state index is 0.108. The fraction of sp³-hybridized carbons (Fsp3) is 0.806. The fourth-order valence-corrected chi connectivity index (χ4v) is 5.02. The first-order chi connectivity index (χ1) is 21.9. The van der Waals surface area contributed by atoms with Crippen molar-refractivity contribution in [2.75, 3.05) is 125 Å². The number of hydrogen-bond donors (Lipinski definition) is 2. The number of nitrogens with one attached hydrogen (secondary N) is 2. The highest BCUT2D eigenvalue weighted by Gasteiger charge is 2.31. The molecule has 1 atom stereocenters. The Hall–Kier alpha value is -2.64. The van der Waals surface area contributed by atoms with Gasteiger partial charge in [0.05, 0.1) is 85.2 Å². The number of hydrogen-bond acceptors (Lipinski definition) is 11. The number of amides is 3. The van der Waals surface area contributed by atoms with Gasteiger partial charge in [-0.05, 0) is 18.3 Å². The lowest BCUT2D eigenvalue weighted by atomic mass is 9.89. The number of piperidine rings is 1. The van der Waals surface area contributed by atoms with Crippen molar-refractivity contribution >= 4 is 18.2 Å². The van der Waals surface area contributed by atoms with E-state index < -0.39 is 0 Å². The average Bonchev–Trinajstić information content (AvgIpc) is 3.04. The predicted octanol–water partition coefficient (Wildman–Crippen LogP) is -0.0214. The van der Waals surface area contributed by atoms with Gasteiger partial charge in [-0.2, -0.15) is 5.26 Å². The molecule has 2 aliphatic rings. The van der Waals surface area contributed by atoms with Crippen molar-refractivity contribution in [1.82, 2.24) is 20.4 Å². The van der Waals surface area contributed by atoms with Gasteiger partial charge in [-0.15, -0.1) is 0 Å². The van der Waals surface area contributed by atoms with Gasteiger partial charge in [-0.25, -0.2) is 0 Å². The number of carbonyl (C=O) groups excluding carboxylic acids is 3. The summed E-state index contributed by atoms with van der Waals surface area (Å²) in [4.78, 5) is 40.0. The topological polar surface area (TPSA) is 161 Å². The van der Waals surface area contributed by atoms with Gasteiger partial charge in [0.25, 0.3) is 5.91 Å². The summed E-state index contributed by atoms with van der Waals surface area (Å²) in [6.45, 7) is 13.9. The third-order valence-corrected chi connectivity index (χ3v) is 7.21. The Morgan fingerprint density at radius 1 is 0.889 bits per heavy atom. The molecule has 0 aliphatic carbocycles. The molecule has 2 rings (SSSR count). The summed E-state index contributed by atoms with van der Waals surface area (Å²) in [5.74, 6) is -0.735. The van der Waals surface area contributed by atoms with Gasteiger partial charge >= 0.3 is 0 Å². The zero-order valence-corrected chi connectivity index (χ0v) is 27.1. The lowest BCUT2D eigenvalue weighted by Crippen LogP contribution is -2.46. The zero-order valence-electron chi connectivity index (χ0n) is 27.1. The molecular weight excluding hydrogens is 586 g/mol. The molecule has 14 heteroatoms. The Kier molecular flexibility index (Phi) is 20.3. The molecule has 256 valence electrons. The molecule has 0 aromatic carbocycles. The molecule has 0 aromatic rings. The number of nitriles is 1. The molecule has 2 N–H and O–H groups in total. The fourth-order valence-electron chi connectivity index (χ4n) is 5.02. The van der Waals surface area contributed by atoms with Gasteiger partial charge in [-0.3, -0.25) is 19.3 Å². The van der Waals surface area contributed by atoms with E-state index >= 15 is 0 Å². The SMILES string of the molecule is CC(C)(/C=C(\C#N)C(=O)N1CCCC(C(=O)NCCOCCOCCOCCOCCOCCNC=O)C1)CN1CCOCC1. The highest BCUT2D eigenvalue weighted by Crippen LogP contribution is 2.24. The summed E-state index contributed by atoms with van der Waals surface area (Å²) in [5, 5.41) is 15.2. The second-order valence-corrected chi connectivity index (χ2v) is 11.6. The maximum absolute atomic E-state index is 13.2. The van der Waals surface area contributed by atoms with Gasteiger partial charge in [0.15, 0.2) is 0 Å². The van der Waals surface area contributed by atoms with Gasteiger partial charge in [-0.1, -0.05) is 19.9 Å². The second kappa shape index (κ2) is 23.7. The van der Waals surface area contributed by atoms with Gasteiger partial charge in [0.1, 0.15) is 11.6 Å². The molecular formula is C31H53N5O9. The molecule has 0 bridgehead atoms. The van der Waals surface area contributed by atoms with Gasteiger partial charge < -0.3 is 44.0 Å². The van der Waals surface area contributed by atoms with Gasteiger partial charge in [0.2, 0.25) is 12.3 Å². The van der Waals surface area contributed by atoms with E-state index in [0.717, 1.165) is 19.6 Å². The molecule has 1 unspecified atom stereocenters. The molecule has 0 saturated carbocycles. The first-order valence-electron chi connectivity index (χ1n) is 15.9. The van der Waals surface area contributed by atoms with Crippen LogP contribution >= 0.6 is 0 Å². The lowest BCUT2D eigenvalue weighted by molar-refractivity contribution is -0.132. The molecule has 2 saturated heterocycles. The lowest BCUT2D eigenvalue weighted by Gasteiger charge is -2.34. The van der Waals surface area contributed by atoms with E-state index in [-0.39, 0.29) is 28.7 Å². The van der Waals surface area contributed by atoms with Crippen LogP contribution in [0.2, 0.25) is 0 Å². The minimum atomic E-state index is -0.353. The largest absolute Gasteiger partial charge is 0.379 e. The van der Waals surface area contributed by atoms with E-state index in [0.29, 0.717) is 125 Å². The van der Waals surface area contributed by atoms with Crippen molar-refractivity contribution in [3.05, 3.63) is 11.6 Å². The normalized spacial score (nSPS) is 17.9. The smallest absolute Gasteiger partial charge is 0.264 e. The van der Waals surface area contributed by atoms with E-state index in [9.17, 15) is 19.6 Å². The number of likely N-dealkylation sites (tertiary alicyclic amines) is 1. The van der Waals surface area contributed by atoms with Crippen molar-refractivity contribution < 1.29 is 42.8 Å². The molecule has 2 heterocycles. The van der Waals surface area contributed by atoms with E-state index in [1.807, 2.05) is 13.8 Å². The van der Waals surface area contributed by atoms with Crippen LogP contribution in [0, 0.1) is 22.7 Å². The van der Waals surface area contributed by atoms with Crippen LogP contribution in [0.4, 0.5) is 0 Å². The van der Waals surface area contributed by atoms with Crippen LogP contribution in [0.5, 0.6) is 0 Å². The third kappa shape index (κ3) is 17.6. The van der Waals surface area contributed by atoms with Crippen molar-refractivity contribution in [3.8, 4) is 6.07 Å². The minimum Gasteiger partial charge on any atom is -0.379 e. The maximum atomic E-state index is 13.2. The Morgan fingerprint density at radius 2 is 1.44 bits per heavy atom. The second-order valence-electron chi connectivity index (χ2n) is 11.6. The highest BCUT2D eigenvalue weighted by atomic mass is 16.6. The van der Waals surface area contributed by atoms with Crippen LogP contribution in [0.15, 0.2) is 11.6 Å². The van der Waals surface area contributed by atoms with Crippen molar-refractivity contribution in [3.63, 3.8) is 0 Å². The maximum Gasteiger partial charge on any atom is 0.264 e. The number of rotatable bonds is 24. The Morgan fingerprint density at radius 3 is 2.00 bits per heavy atom. The summed E-state index contributed by atoms with van der Waals surface area (Å²) < 4.78 is 32.5. The summed E-state index contributed by atoms with van der Waals surface area (Å²) >= 11 is 0. The van der Waals surface area contributed by atoms with Crippen molar-refractivity contribution in [2.45, 2.75) is 26.7 Å². The van der Waals surface area contributed by atoms with Crippen molar-refractivity contribution in [1.29, 1.82) is 5.26 Å². The monoisotopic (exact) mass is 639 g/mol. The molecule has 0 spiro atoms. The Bertz CT molecular complexity index is 922. The van der Waals surface area contributed by atoms with E-state index in [1.165, 1.54) is 0 Å². The predicted molar refractivity (Wildman–Crippen MR) is 165 cm³/mol. The quantitative estimate of drug-likeness (QED) is 0.0632. The number of morpholine rings is 1. The van der Waals surface area contributed by atoms with E-state index in [1.54, 1.807) is 11.0 Å². The van der Waals surface area contributed by atoms with Crippen LogP contribution in [-0.2, 0) is 42.8 Å². The van der Waals surface area contributed by atoms with Crippen LogP contribution in [0.1, 0.15) is 26.7 Å². The van der Waals surface area contributed by atoms with Gasteiger partial charge in [0, 0.05) is 45.8 Å². The first kappa shape index (κ1) is 38.5. The van der Waals surface area contributed by atoms with Crippen molar-refractivity contribution in [2.24, 2.45) is 11.3 Å². The summed E-state index contributed by atoms with van der Waals surface area (Å²) in [6.07, 6.45) is 3.82. The molecule has 3 amide bonds. The van der Waals surface area contributed by atoms with Crippen LogP contribution in [0.25, 0.3) is 0 Å². The summed E-state index contributed by atoms with van der Waals surface area (Å²) in [7, 11) is 0. The molecule has 0 radical (unpaired) electrons. The third-order valence-electron chi connectivity index (χ3n) is 7.21. The number of carbonyl (C=O) groups is 3. The summed E-state index contributed by atoms with van der Waals surface area (Å²) in [6, 6.07) is 2.10.